The van der Waals surface area contributed by atoms with E-state index in [1.54, 1.807) is 7.11 Å². The highest BCUT2D eigenvalue weighted by atomic mass is 16.5. The molecule has 0 aliphatic heterocycles. The molecule has 0 aromatic heterocycles. The maximum absolute atomic E-state index is 12.8. The smallest absolute Gasteiger partial charge is 0.249 e. The van der Waals surface area contributed by atoms with Crippen LogP contribution >= 0.6 is 0 Å². The summed E-state index contributed by atoms with van der Waals surface area (Å²) in [5.74, 6) is -0.0714. The number of carbonyl (C=O) groups is 2. The molecule has 1 aliphatic rings. The second-order valence-electron chi connectivity index (χ2n) is 8.13. The summed E-state index contributed by atoms with van der Waals surface area (Å²) in [7, 11) is 5.55. The zero-order valence-electron chi connectivity index (χ0n) is 18.0. The van der Waals surface area contributed by atoms with Gasteiger partial charge in [0.05, 0.1) is 0 Å². The first-order chi connectivity index (χ1) is 13.3. The van der Waals surface area contributed by atoms with Crippen molar-refractivity contribution in [1.29, 1.82) is 0 Å². The molecular formula is C22H35N3O3. The zero-order valence-corrected chi connectivity index (χ0v) is 18.0. The van der Waals surface area contributed by atoms with E-state index < -0.39 is 0 Å². The average molecular weight is 390 g/mol. The molecule has 6 nitrogen and oxygen atoms in total. The van der Waals surface area contributed by atoms with Crippen molar-refractivity contribution in [2.24, 2.45) is 5.92 Å². The Labute approximate surface area is 169 Å². The van der Waals surface area contributed by atoms with Gasteiger partial charge in [-0.05, 0) is 36.6 Å². The fourth-order valence-corrected chi connectivity index (χ4v) is 3.72. The summed E-state index contributed by atoms with van der Waals surface area (Å²) >= 11 is 0. The number of carbonyl (C=O) groups excluding carboxylic acids is 2. The highest BCUT2D eigenvalue weighted by Gasteiger charge is 2.26. The van der Waals surface area contributed by atoms with E-state index in [4.69, 9.17) is 4.74 Å². The Kier molecular flexibility index (Phi) is 8.30. The molecule has 0 heterocycles. The van der Waals surface area contributed by atoms with Gasteiger partial charge in [-0.2, -0.15) is 0 Å². The van der Waals surface area contributed by atoms with Crippen LogP contribution in [0.1, 0.15) is 51.5 Å². The van der Waals surface area contributed by atoms with Crippen LogP contribution in [-0.4, -0.2) is 50.6 Å². The lowest BCUT2D eigenvalue weighted by Crippen LogP contribution is -2.42. The van der Waals surface area contributed by atoms with Crippen LogP contribution in [0.25, 0.3) is 0 Å². The van der Waals surface area contributed by atoms with E-state index in [9.17, 15) is 9.59 Å². The second kappa shape index (κ2) is 10.5. The molecule has 0 saturated heterocycles. The normalized spacial score (nSPS) is 14.8. The van der Waals surface area contributed by atoms with Crippen molar-refractivity contribution < 1.29 is 14.3 Å². The van der Waals surface area contributed by atoms with Crippen molar-refractivity contribution in [2.75, 3.05) is 38.0 Å². The summed E-state index contributed by atoms with van der Waals surface area (Å²) in [5.41, 5.74) is 2.84. The van der Waals surface area contributed by atoms with Crippen LogP contribution in [0.4, 0.5) is 11.4 Å². The van der Waals surface area contributed by atoms with Crippen LogP contribution in [-0.2, 0) is 20.9 Å². The summed E-state index contributed by atoms with van der Waals surface area (Å²) in [4.78, 5) is 28.9. The van der Waals surface area contributed by atoms with Crippen LogP contribution in [0.2, 0.25) is 0 Å². The third kappa shape index (κ3) is 5.96. The molecule has 0 bridgehead atoms. The summed E-state index contributed by atoms with van der Waals surface area (Å²) in [6, 6.07) is 6.16. The molecular weight excluding hydrogens is 354 g/mol. The molecule has 2 rings (SSSR count). The number of hydrogen-bond donors (Lipinski definition) is 1. The molecule has 1 aromatic carbocycles. The van der Waals surface area contributed by atoms with Crippen LogP contribution in [0.15, 0.2) is 18.2 Å². The number of methoxy groups -OCH3 is 1. The minimum absolute atomic E-state index is 0.0110. The van der Waals surface area contributed by atoms with Gasteiger partial charge in [0.25, 0.3) is 0 Å². The van der Waals surface area contributed by atoms with E-state index in [-0.39, 0.29) is 30.4 Å². The fourth-order valence-electron chi connectivity index (χ4n) is 3.72. The molecule has 1 saturated carbocycles. The molecule has 2 amide bonds. The fraction of sp³-hybridized carbons (Fsp3) is 0.636. The number of benzene rings is 1. The molecule has 1 aliphatic carbocycles. The highest BCUT2D eigenvalue weighted by molar-refractivity contribution is 5.92. The molecule has 0 spiro atoms. The number of nitrogens with one attached hydrogen (secondary N) is 1. The molecule has 1 fully saturated rings. The monoisotopic (exact) mass is 389 g/mol. The summed E-state index contributed by atoms with van der Waals surface area (Å²) < 4.78 is 5.13. The lowest BCUT2D eigenvalue weighted by Gasteiger charge is -2.35. The van der Waals surface area contributed by atoms with Crippen LogP contribution < -0.4 is 10.2 Å². The van der Waals surface area contributed by atoms with Crippen molar-refractivity contribution in [3.8, 4) is 0 Å². The largest absolute Gasteiger partial charge is 0.377 e. The van der Waals surface area contributed by atoms with E-state index >= 15 is 0 Å². The quantitative estimate of drug-likeness (QED) is 0.737. The predicted octanol–water partition coefficient (Wildman–Crippen LogP) is 3.65. The van der Waals surface area contributed by atoms with Crippen LogP contribution in [0.3, 0.4) is 0 Å². The van der Waals surface area contributed by atoms with E-state index in [2.05, 4.69) is 5.32 Å². The summed E-state index contributed by atoms with van der Waals surface area (Å²) in [5, 5.41) is 2.97. The molecule has 1 N–H and O–H groups in total. The van der Waals surface area contributed by atoms with E-state index in [1.807, 2.05) is 55.9 Å². The molecule has 156 valence electrons. The second-order valence-corrected chi connectivity index (χ2v) is 8.13. The Morgan fingerprint density at radius 1 is 1.18 bits per heavy atom. The van der Waals surface area contributed by atoms with Crippen molar-refractivity contribution in [1.82, 2.24) is 4.90 Å². The maximum Gasteiger partial charge on any atom is 0.249 e. The zero-order chi connectivity index (χ0) is 20.7. The van der Waals surface area contributed by atoms with E-state index in [1.165, 1.54) is 6.42 Å². The Balaban J connectivity index is 2.31. The number of rotatable bonds is 8. The van der Waals surface area contributed by atoms with Gasteiger partial charge in [0.2, 0.25) is 11.8 Å². The Bertz CT molecular complexity index is 667. The van der Waals surface area contributed by atoms with Gasteiger partial charge in [-0.3, -0.25) is 9.59 Å². The van der Waals surface area contributed by atoms with Crippen molar-refractivity contribution in [3.05, 3.63) is 23.8 Å². The van der Waals surface area contributed by atoms with Crippen LogP contribution in [0.5, 0.6) is 0 Å². The van der Waals surface area contributed by atoms with Crippen molar-refractivity contribution in [3.63, 3.8) is 0 Å². The summed E-state index contributed by atoms with van der Waals surface area (Å²) in [6.45, 7) is 4.36. The Hall–Kier alpha value is -2.08. The van der Waals surface area contributed by atoms with E-state index in [0.717, 1.165) is 42.6 Å². The topological polar surface area (TPSA) is 61.9 Å². The molecule has 0 unspecified atom stereocenters. The Morgan fingerprint density at radius 3 is 2.43 bits per heavy atom. The third-order valence-electron chi connectivity index (χ3n) is 5.30. The lowest BCUT2D eigenvalue weighted by molar-refractivity contribution is -0.139. The van der Waals surface area contributed by atoms with Gasteiger partial charge in [-0.15, -0.1) is 0 Å². The van der Waals surface area contributed by atoms with Crippen LogP contribution in [0, 0.1) is 5.92 Å². The number of anilines is 2. The molecule has 28 heavy (non-hydrogen) atoms. The first-order valence-electron chi connectivity index (χ1n) is 10.2. The SMILES string of the molecule is COCC(=O)N(Cc1cc(NC(=O)C(C)C)ccc1N(C)C)C1CCCCC1. The van der Waals surface area contributed by atoms with Gasteiger partial charge in [0.1, 0.15) is 6.61 Å². The maximum atomic E-state index is 12.8. The van der Waals surface area contributed by atoms with Gasteiger partial charge in [-0.1, -0.05) is 33.1 Å². The third-order valence-corrected chi connectivity index (χ3v) is 5.30. The molecule has 0 atom stereocenters. The minimum Gasteiger partial charge on any atom is -0.377 e. The van der Waals surface area contributed by atoms with Crippen molar-refractivity contribution >= 4 is 23.2 Å². The highest BCUT2D eigenvalue weighted by Crippen LogP contribution is 2.29. The van der Waals surface area contributed by atoms with Crippen molar-refractivity contribution in [2.45, 2.75) is 58.5 Å². The lowest BCUT2D eigenvalue weighted by atomic mass is 9.93. The van der Waals surface area contributed by atoms with Gasteiger partial charge in [-0.25, -0.2) is 0 Å². The molecule has 0 radical (unpaired) electrons. The first-order valence-corrected chi connectivity index (χ1v) is 10.2. The number of hydrogen-bond acceptors (Lipinski definition) is 4. The van der Waals surface area contributed by atoms with Gasteiger partial charge in [0.15, 0.2) is 0 Å². The van der Waals surface area contributed by atoms with Gasteiger partial charge in [0, 0.05) is 51.1 Å². The Morgan fingerprint density at radius 2 is 1.86 bits per heavy atom. The number of amides is 2. The molecule has 1 aromatic rings. The standard InChI is InChI=1S/C22H35N3O3/c1-16(2)22(27)23-18-11-12-20(24(3)4)17(13-18)14-25(21(26)15-28-5)19-9-7-6-8-10-19/h11-13,16,19H,6-10,14-15H2,1-5H3,(H,23,27). The average Bonchev–Trinajstić information content (AvgIpc) is 2.66. The van der Waals surface area contributed by atoms with E-state index in [0.29, 0.717) is 6.54 Å². The summed E-state index contributed by atoms with van der Waals surface area (Å²) in [6.07, 6.45) is 5.63. The molecule has 6 heteroatoms. The minimum atomic E-state index is -0.0843. The number of ether oxygens (including phenoxy) is 1. The predicted molar refractivity (Wildman–Crippen MR) is 114 cm³/mol. The first kappa shape index (κ1) is 22.2. The van der Waals surface area contributed by atoms with Gasteiger partial charge < -0.3 is 19.9 Å². The van der Waals surface area contributed by atoms with Gasteiger partial charge >= 0.3 is 0 Å². The number of nitrogens with zero attached hydrogens (tertiary/aromatic N) is 2.